The number of anilines is 1. The van der Waals surface area contributed by atoms with Crippen LogP contribution in [0.1, 0.15) is 59.4 Å². The Bertz CT molecular complexity index is 490. The molecule has 1 aromatic heterocycles. The molecular weight excluding hydrogens is 286 g/mol. The molecule has 0 saturated heterocycles. The number of rotatable bonds is 4. The van der Waals surface area contributed by atoms with E-state index in [1.54, 1.807) is 0 Å². The van der Waals surface area contributed by atoms with Gasteiger partial charge in [0, 0.05) is 17.5 Å². The first kappa shape index (κ1) is 18.2. The van der Waals surface area contributed by atoms with E-state index in [2.05, 4.69) is 36.1 Å². The maximum atomic E-state index is 10.1. The molecule has 0 bridgehead atoms. The van der Waals surface area contributed by atoms with Gasteiger partial charge >= 0.3 is 0 Å². The van der Waals surface area contributed by atoms with Gasteiger partial charge in [-0.2, -0.15) is 0 Å². The third-order valence-corrected chi connectivity index (χ3v) is 3.48. The summed E-state index contributed by atoms with van der Waals surface area (Å²) in [6, 6.07) is 0. The third-order valence-electron chi connectivity index (χ3n) is 3.11. The van der Waals surface area contributed by atoms with Crippen molar-refractivity contribution in [1.29, 1.82) is 0 Å². The molecule has 1 heterocycles. The molecule has 0 amide bonds. The normalized spacial score (nSPS) is 14.1. The highest BCUT2D eigenvalue weighted by Gasteiger charge is 2.21. The van der Waals surface area contributed by atoms with Crippen molar-refractivity contribution in [3.8, 4) is 0 Å². The number of nitrogens with one attached hydrogen (secondary N) is 1. The molecule has 1 unspecified atom stereocenters. The van der Waals surface area contributed by atoms with Gasteiger partial charge in [0.25, 0.3) is 0 Å². The Labute approximate surface area is 133 Å². The summed E-state index contributed by atoms with van der Waals surface area (Å²) >= 11 is 6.19. The molecule has 2 N–H and O–H groups in total. The molecule has 0 saturated carbocycles. The average Bonchev–Trinajstić information content (AvgIpc) is 2.27. The van der Waals surface area contributed by atoms with Crippen molar-refractivity contribution in [2.75, 3.05) is 11.9 Å². The fourth-order valence-corrected chi connectivity index (χ4v) is 2.16. The third kappa shape index (κ3) is 5.79. The van der Waals surface area contributed by atoms with Crippen LogP contribution in [-0.2, 0) is 5.41 Å². The average molecular weight is 314 g/mol. The molecule has 1 rings (SSSR count). The van der Waals surface area contributed by atoms with Crippen LogP contribution in [0.4, 0.5) is 5.82 Å². The van der Waals surface area contributed by atoms with Crippen molar-refractivity contribution in [1.82, 2.24) is 9.97 Å². The van der Waals surface area contributed by atoms with E-state index in [-0.39, 0.29) is 10.8 Å². The Balaban J connectivity index is 2.86. The molecule has 120 valence electrons. The Morgan fingerprint density at radius 3 is 2.19 bits per heavy atom. The van der Waals surface area contributed by atoms with E-state index in [0.717, 1.165) is 12.0 Å². The highest BCUT2D eigenvalue weighted by atomic mass is 35.5. The molecule has 0 spiro atoms. The monoisotopic (exact) mass is 313 g/mol. The predicted octanol–water partition coefficient (Wildman–Crippen LogP) is 3.94. The van der Waals surface area contributed by atoms with Gasteiger partial charge in [-0.1, -0.05) is 53.1 Å². The zero-order chi connectivity index (χ0) is 16.4. The van der Waals surface area contributed by atoms with Crippen molar-refractivity contribution < 1.29 is 5.11 Å². The van der Waals surface area contributed by atoms with Gasteiger partial charge in [0.1, 0.15) is 16.8 Å². The minimum absolute atomic E-state index is 0.0933. The first-order chi connectivity index (χ1) is 9.40. The first-order valence-electron chi connectivity index (χ1n) is 7.37. The van der Waals surface area contributed by atoms with Gasteiger partial charge in [0.15, 0.2) is 0 Å². The van der Waals surface area contributed by atoms with Crippen LogP contribution in [0.3, 0.4) is 0 Å². The molecular formula is C16H28ClN3O. The topological polar surface area (TPSA) is 58.0 Å². The van der Waals surface area contributed by atoms with Gasteiger partial charge in [0.2, 0.25) is 0 Å². The Morgan fingerprint density at radius 2 is 1.71 bits per heavy atom. The van der Waals surface area contributed by atoms with E-state index in [1.807, 2.05) is 27.7 Å². The number of aliphatic hydroxyl groups is 1. The van der Waals surface area contributed by atoms with Gasteiger partial charge in [-0.3, -0.25) is 0 Å². The number of nitrogens with zero attached hydrogens (tertiary/aromatic N) is 2. The van der Waals surface area contributed by atoms with Crippen LogP contribution in [0.25, 0.3) is 0 Å². The highest BCUT2D eigenvalue weighted by molar-refractivity contribution is 6.30. The summed E-state index contributed by atoms with van der Waals surface area (Å²) in [4.78, 5) is 8.90. The Morgan fingerprint density at radius 1 is 1.14 bits per heavy atom. The zero-order valence-corrected chi connectivity index (χ0v) is 15.0. The number of aliphatic hydroxyl groups excluding tert-OH is 1. The van der Waals surface area contributed by atoms with Crippen LogP contribution >= 0.6 is 11.6 Å². The lowest BCUT2D eigenvalue weighted by molar-refractivity contribution is 0.132. The van der Waals surface area contributed by atoms with E-state index in [1.165, 1.54) is 0 Å². The number of hydrogen-bond donors (Lipinski definition) is 2. The van der Waals surface area contributed by atoms with Crippen LogP contribution in [0, 0.1) is 12.3 Å². The fraction of sp³-hybridized carbons (Fsp3) is 0.750. The van der Waals surface area contributed by atoms with E-state index in [4.69, 9.17) is 11.6 Å². The van der Waals surface area contributed by atoms with Crippen molar-refractivity contribution in [2.24, 2.45) is 5.41 Å². The predicted molar refractivity (Wildman–Crippen MR) is 89.0 cm³/mol. The van der Waals surface area contributed by atoms with Crippen molar-refractivity contribution in [2.45, 2.75) is 66.4 Å². The molecule has 0 aliphatic rings. The van der Waals surface area contributed by atoms with E-state index >= 15 is 0 Å². The minimum atomic E-state index is -0.420. The highest BCUT2D eigenvalue weighted by Crippen LogP contribution is 2.26. The summed E-state index contributed by atoms with van der Waals surface area (Å²) in [5.41, 5.74) is 0.737. The zero-order valence-electron chi connectivity index (χ0n) is 14.2. The van der Waals surface area contributed by atoms with Crippen LogP contribution in [-0.4, -0.2) is 27.7 Å². The second kappa shape index (κ2) is 6.49. The van der Waals surface area contributed by atoms with Crippen molar-refractivity contribution >= 4 is 17.4 Å². The molecule has 4 nitrogen and oxygen atoms in total. The Kier molecular flexibility index (Phi) is 5.62. The van der Waals surface area contributed by atoms with Gasteiger partial charge in [-0.15, -0.1) is 0 Å². The molecule has 5 heteroatoms. The summed E-state index contributed by atoms with van der Waals surface area (Å²) in [7, 11) is 0. The largest absolute Gasteiger partial charge is 0.391 e. The quantitative estimate of drug-likeness (QED) is 0.826. The molecule has 0 aromatic carbocycles. The van der Waals surface area contributed by atoms with E-state index < -0.39 is 6.10 Å². The summed E-state index contributed by atoms with van der Waals surface area (Å²) < 4.78 is 0. The Hall–Kier alpha value is -0.870. The summed E-state index contributed by atoms with van der Waals surface area (Å²) in [6.07, 6.45) is 0.306. The fourth-order valence-electron chi connectivity index (χ4n) is 1.99. The second-order valence-electron chi connectivity index (χ2n) is 7.86. The van der Waals surface area contributed by atoms with Gasteiger partial charge < -0.3 is 10.4 Å². The van der Waals surface area contributed by atoms with Gasteiger partial charge in [-0.05, 0) is 18.8 Å². The molecule has 21 heavy (non-hydrogen) atoms. The lowest BCUT2D eigenvalue weighted by atomic mass is 9.89. The van der Waals surface area contributed by atoms with Crippen LogP contribution < -0.4 is 5.32 Å². The smallest absolute Gasteiger partial charge is 0.137 e. The maximum absolute atomic E-state index is 10.1. The van der Waals surface area contributed by atoms with Gasteiger partial charge in [0.05, 0.1) is 6.10 Å². The molecule has 0 fully saturated rings. The number of halogens is 1. The standard InChI is InChI=1S/C16H28ClN3O/c1-10-12(17)19-14(16(5,6)7)20-13(10)18-9-11(21)8-15(2,3)4/h11,21H,8-9H2,1-7H3,(H,18,19,20). The molecule has 0 aliphatic heterocycles. The summed E-state index contributed by atoms with van der Waals surface area (Å²) in [6.45, 7) is 14.8. The maximum Gasteiger partial charge on any atom is 0.137 e. The van der Waals surface area contributed by atoms with Crippen LogP contribution in [0.2, 0.25) is 5.15 Å². The minimum Gasteiger partial charge on any atom is -0.391 e. The molecule has 0 radical (unpaired) electrons. The molecule has 0 aliphatic carbocycles. The molecule has 1 atom stereocenters. The SMILES string of the molecule is Cc1c(Cl)nc(C(C)(C)C)nc1NCC(O)CC(C)(C)C. The van der Waals surface area contributed by atoms with Crippen molar-refractivity contribution in [3.05, 3.63) is 16.5 Å². The lowest BCUT2D eigenvalue weighted by Gasteiger charge is -2.23. The van der Waals surface area contributed by atoms with Crippen molar-refractivity contribution in [3.63, 3.8) is 0 Å². The summed E-state index contributed by atoms with van der Waals surface area (Å²) in [5.74, 6) is 1.40. The molecule has 1 aromatic rings. The first-order valence-corrected chi connectivity index (χ1v) is 7.74. The van der Waals surface area contributed by atoms with Gasteiger partial charge in [-0.25, -0.2) is 9.97 Å². The van der Waals surface area contributed by atoms with E-state index in [0.29, 0.717) is 23.3 Å². The second-order valence-corrected chi connectivity index (χ2v) is 8.22. The van der Waals surface area contributed by atoms with E-state index in [9.17, 15) is 5.11 Å². The lowest BCUT2D eigenvalue weighted by Crippen LogP contribution is -2.26. The van der Waals surface area contributed by atoms with Crippen LogP contribution in [0.15, 0.2) is 0 Å². The summed E-state index contributed by atoms with van der Waals surface area (Å²) in [5, 5.41) is 13.8. The van der Waals surface area contributed by atoms with Crippen LogP contribution in [0.5, 0.6) is 0 Å². The number of hydrogen-bond acceptors (Lipinski definition) is 4. The number of aromatic nitrogens is 2.